The van der Waals surface area contributed by atoms with Crippen molar-refractivity contribution in [2.75, 3.05) is 14.2 Å². The molecule has 0 fully saturated rings. The van der Waals surface area contributed by atoms with Crippen molar-refractivity contribution in [1.82, 2.24) is 4.90 Å². The van der Waals surface area contributed by atoms with E-state index in [1.165, 1.54) is 12.0 Å². The predicted molar refractivity (Wildman–Crippen MR) is 67.5 cm³/mol. The van der Waals surface area contributed by atoms with Gasteiger partial charge < -0.3 is 9.64 Å². The zero-order chi connectivity index (χ0) is 13.3. The average Bonchev–Trinajstić information content (AvgIpc) is 2.34. The van der Waals surface area contributed by atoms with E-state index in [0.29, 0.717) is 12.8 Å². The highest BCUT2D eigenvalue weighted by Crippen LogP contribution is 2.09. The summed E-state index contributed by atoms with van der Waals surface area (Å²) in [4.78, 5) is 24.8. The van der Waals surface area contributed by atoms with E-state index in [1.807, 2.05) is 0 Å². The van der Waals surface area contributed by atoms with Crippen LogP contribution in [0.15, 0.2) is 12.7 Å². The number of ether oxygens (including phenoxy) is 1. The lowest BCUT2D eigenvalue weighted by Gasteiger charge is -2.25. The first kappa shape index (κ1) is 15.7. The largest absolute Gasteiger partial charge is 0.467 e. The van der Waals surface area contributed by atoms with Crippen LogP contribution in [0.2, 0.25) is 0 Å². The summed E-state index contributed by atoms with van der Waals surface area (Å²) in [6.07, 6.45) is 5.49. The summed E-state index contributed by atoms with van der Waals surface area (Å²) < 4.78 is 4.68. The standard InChI is InChI=1S/C13H23NO3/c1-5-7-8-10-12(15)14(3)11(9-6-2)13(16)17-4/h6,11H,2,5,7-10H2,1,3-4H3. The van der Waals surface area contributed by atoms with Crippen molar-refractivity contribution in [2.45, 2.75) is 45.1 Å². The summed E-state index contributed by atoms with van der Waals surface area (Å²) in [5.74, 6) is -0.410. The van der Waals surface area contributed by atoms with Crippen LogP contribution in [0, 0.1) is 0 Å². The average molecular weight is 241 g/mol. The van der Waals surface area contributed by atoms with Gasteiger partial charge in [0, 0.05) is 13.5 Å². The van der Waals surface area contributed by atoms with E-state index in [4.69, 9.17) is 0 Å². The van der Waals surface area contributed by atoms with Crippen LogP contribution >= 0.6 is 0 Å². The molecule has 0 heterocycles. The van der Waals surface area contributed by atoms with Gasteiger partial charge in [0.2, 0.25) is 5.91 Å². The molecular weight excluding hydrogens is 218 g/mol. The monoisotopic (exact) mass is 241 g/mol. The molecule has 4 nitrogen and oxygen atoms in total. The number of amides is 1. The number of likely N-dealkylation sites (N-methyl/N-ethyl adjacent to an activating group) is 1. The number of unbranched alkanes of at least 4 members (excludes halogenated alkanes) is 2. The zero-order valence-electron chi connectivity index (χ0n) is 11.1. The van der Waals surface area contributed by atoms with Gasteiger partial charge in [-0.3, -0.25) is 4.79 Å². The fourth-order valence-corrected chi connectivity index (χ4v) is 1.58. The van der Waals surface area contributed by atoms with Crippen LogP contribution in [-0.4, -0.2) is 37.0 Å². The molecule has 0 N–H and O–H groups in total. The van der Waals surface area contributed by atoms with E-state index in [0.717, 1.165) is 19.3 Å². The Balaban J connectivity index is 4.38. The molecule has 0 rings (SSSR count). The van der Waals surface area contributed by atoms with Gasteiger partial charge in [0.1, 0.15) is 6.04 Å². The molecule has 0 bridgehead atoms. The van der Waals surface area contributed by atoms with Gasteiger partial charge in [-0.1, -0.05) is 25.8 Å². The van der Waals surface area contributed by atoms with Gasteiger partial charge in [-0.15, -0.1) is 6.58 Å². The van der Waals surface area contributed by atoms with E-state index in [2.05, 4.69) is 18.2 Å². The number of hydrogen-bond acceptors (Lipinski definition) is 3. The minimum atomic E-state index is -0.549. The summed E-state index contributed by atoms with van der Waals surface area (Å²) in [6.45, 7) is 5.68. The van der Waals surface area contributed by atoms with Crippen molar-refractivity contribution in [2.24, 2.45) is 0 Å². The van der Waals surface area contributed by atoms with Crippen molar-refractivity contribution in [3.63, 3.8) is 0 Å². The normalized spacial score (nSPS) is 11.7. The smallest absolute Gasteiger partial charge is 0.328 e. The summed E-state index contributed by atoms with van der Waals surface area (Å²) >= 11 is 0. The highest BCUT2D eigenvalue weighted by molar-refractivity contribution is 5.84. The summed E-state index contributed by atoms with van der Waals surface area (Å²) in [7, 11) is 2.97. The first-order valence-corrected chi connectivity index (χ1v) is 6.02. The van der Waals surface area contributed by atoms with Crippen LogP contribution in [0.1, 0.15) is 39.0 Å². The Bertz CT molecular complexity index is 263. The van der Waals surface area contributed by atoms with Gasteiger partial charge in [0.15, 0.2) is 0 Å². The second kappa shape index (κ2) is 8.79. The minimum absolute atomic E-state index is 0.0179. The molecule has 0 aliphatic rings. The molecule has 0 radical (unpaired) electrons. The van der Waals surface area contributed by atoms with Crippen LogP contribution in [0.5, 0.6) is 0 Å². The third kappa shape index (κ3) is 5.52. The fourth-order valence-electron chi connectivity index (χ4n) is 1.58. The zero-order valence-corrected chi connectivity index (χ0v) is 11.1. The van der Waals surface area contributed by atoms with E-state index in [1.54, 1.807) is 13.1 Å². The third-order valence-electron chi connectivity index (χ3n) is 2.72. The maximum Gasteiger partial charge on any atom is 0.328 e. The van der Waals surface area contributed by atoms with Crippen LogP contribution in [0.3, 0.4) is 0 Å². The van der Waals surface area contributed by atoms with Crippen LogP contribution in [0.25, 0.3) is 0 Å². The maximum absolute atomic E-state index is 11.8. The number of esters is 1. The van der Waals surface area contributed by atoms with Gasteiger partial charge in [-0.2, -0.15) is 0 Å². The highest BCUT2D eigenvalue weighted by atomic mass is 16.5. The maximum atomic E-state index is 11.8. The molecule has 0 aliphatic heterocycles. The summed E-state index contributed by atoms with van der Waals surface area (Å²) in [5, 5.41) is 0. The number of hydrogen-bond donors (Lipinski definition) is 0. The number of carbonyl (C=O) groups excluding carboxylic acids is 2. The van der Waals surface area contributed by atoms with Crippen LogP contribution in [-0.2, 0) is 14.3 Å². The molecule has 0 aromatic heterocycles. The molecule has 0 aromatic carbocycles. The Morgan fingerprint density at radius 3 is 2.53 bits per heavy atom. The van der Waals surface area contributed by atoms with Crippen molar-refractivity contribution >= 4 is 11.9 Å². The molecule has 0 aromatic rings. The molecule has 17 heavy (non-hydrogen) atoms. The van der Waals surface area contributed by atoms with Crippen LogP contribution in [0.4, 0.5) is 0 Å². The Morgan fingerprint density at radius 2 is 2.06 bits per heavy atom. The number of rotatable bonds is 8. The molecular formula is C13H23NO3. The SMILES string of the molecule is C=CCC(C(=O)OC)N(C)C(=O)CCCCC. The summed E-state index contributed by atoms with van der Waals surface area (Å²) in [6, 6.07) is -0.549. The van der Waals surface area contributed by atoms with Crippen molar-refractivity contribution in [1.29, 1.82) is 0 Å². The first-order valence-electron chi connectivity index (χ1n) is 6.02. The first-order chi connectivity index (χ1) is 8.08. The number of methoxy groups -OCH3 is 1. The fraction of sp³-hybridized carbons (Fsp3) is 0.692. The van der Waals surface area contributed by atoms with Crippen LogP contribution < -0.4 is 0 Å². The Hall–Kier alpha value is -1.32. The van der Waals surface area contributed by atoms with E-state index in [9.17, 15) is 9.59 Å². The lowest BCUT2D eigenvalue weighted by molar-refractivity contribution is -0.151. The van der Waals surface area contributed by atoms with Crippen molar-refractivity contribution in [3.8, 4) is 0 Å². The summed E-state index contributed by atoms with van der Waals surface area (Å²) in [5.41, 5.74) is 0. The predicted octanol–water partition coefficient (Wildman–Crippen LogP) is 2.14. The van der Waals surface area contributed by atoms with Gasteiger partial charge in [0.25, 0.3) is 0 Å². The molecule has 1 atom stereocenters. The number of carbonyl (C=O) groups is 2. The van der Waals surface area contributed by atoms with Gasteiger partial charge in [-0.25, -0.2) is 4.79 Å². The topological polar surface area (TPSA) is 46.6 Å². The second-order valence-corrected chi connectivity index (χ2v) is 4.03. The molecule has 4 heteroatoms. The molecule has 0 spiro atoms. The van der Waals surface area contributed by atoms with Crippen molar-refractivity contribution < 1.29 is 14.3 Å². The van der Waals surface area contributed by atoms with E-state index < -0.39 is 12.0 Å². The Morgan fingerprint density at radius 1 is 1.41 bits per heavy atom. The van der Waals surface area contributed by atoms with E-state index >= 15 is 0 Å². The molecule has 1 amide bonds. The highest BCUT2D eigenvalue weighted by Gasteiger charge is 2.25. The Labute approximate surface area is 104 Å². The lowest BCUT2D eigenvalue weighted by atomic mass is 10.1. The lowest BCUT2D eigenvalue weighted by Crippen LogP contribution is -2.42. The molecule has 0 saturated carbocycles. The Kier molecular flexibility index (Phi) is 8.11. The van der Waals surface area contributed by atoms with Gasteiger partial charge in [0.05, 0.1) is 7.11 Å². The number of nitrogens with zero attached hydrogens (tertiary/aromatic N) is 1. The minimum Gasteiger partial charge on any atom is -0.467 e. The van der Waals surface area contributed by atoms with Gasteiger partial charge in [-0.05, 0) is 12.8 Å². The quantitative estimate of drug-likeness (QED) is 0.371. The molecule has 0 aliphatic carbocycles. The third-order valence-corrected chi connectivity index (χ3v) is 2.72. The van der Waals surface area contributed by atoms with Crippen molar-refractivity contribution in [3.05, 3.63) is 12.7 Å². The molecule has 98 valence electrons. The second-order valence-electron chi connectivity index (χ2n) is 4.03. The van der Waals surface area contributed by atoms with Gasteiger partial charge >= 0.3 is 5.97 Å². The van der Waals surface area contributed by atoms with E-state index in [-0.39, 0.29) is 5.91 Å². The molecule has 0 saturated heterocycles. The molecule has 1 unspecified atom stereocenters.